The van der Waals surface area contributed by atoms with E-state index in [1.165, 1.54) is 10.4 Å². The molecular formula is C23H28N2O3S. The first kappa shape index (κ1) is 20.0. The lowest BCUT2D eigenvalue weighted by Gasteiger charge is -2.35. The Labute approximate surface area is 173 Å². The van der Waals surface area contributed by atoms with Gasteiger partial charge in [-0.2, -0.15) is 0 Å². The molecule has 0 unspecified atom stereocenters. The molecule has 1 amide bonds. The number of carbonyl (C=O) groups is 1. The van der Waals surface area contributed by atoms with Crippen molar-refractivity contribution in [1.82, 2.24) is 4.90 Å². The van der Waals surface area contributed by atoms with Gasteiger partial charge in [0.15, 0.2) is 0 Å². The molecule has 3 atom stereocenters. The quantitative estimate of drug-likeness (QED) is 0.767. The molecular weight excluding hydrogens is 384 g/mol. The number of anilines is 1. The summed E-state index contributed by atoms with van der Waals surface area (Å²) in [5, 5.41) is 0. The molecule has 2 aliphatic heterocycles. The summed E-state index contributed by atoms with van der Waals surface area (Å²) in [4.78, 5) is 15.1. The van der Waals surface area contributed by atoms with Gasteiger partial charge in [-0.15, -0.1) is 0 Å². The van der Waals surface area contributed by atoms with E-state index in [1.807, 2.05) is 36.1 Å². The fraction of sp³-hybridized carbons (Fsp3) is 0.435. The molecule has 2 aliphatic rings. The van der Waals surface area contributed by atoms with E-state index in [-0.39, 0.29) is 16.8 Å². The van der Waals surface area contributed by atoms with Gasteiger partial charge >= 0.3 is 0 Å². The van der Waals surface area contributed by atoms with E-state index in [1.54, 1.807) is 18.2 Å². The van der Waals surface area contributed by atoms with Crippen molar-refractivity contribution in [2.24, 2.45) is 11.8 Å². The van der Waals surface area contributed by atoms with Gasteiger partial charge in [-0.05, 0) is 61.4 Å². The van der Waals surface area contributed by atoms with Crippen LogP contribution in [0.3, 0.4) is 0 Å². The molecule has 0 radical (unpaired) electrons. The van der Waals surface area contributed by atoms with E-state index >= 15 is 0 Å². The molecule has 154 valence electrons. The van der Waals surface area contributed by atoms with Gasteiger partial charge in [0.25, 0.3) is 15.9 Å². The summed E-state index contributed by atoms with van der Waals surface area (Å²) >= 11 is 0. The lowest BCUT2D eigenvalue weighted by atomic mass is 9.91. The second kappa shape index (κ2) is 7.48. The standard InChI is InChI=1S/C23H28N2O3S/c1-16-11-17(2)15-24(14-16)23(26)20-8-6-9-21(13-20)29(27,28)25-18(3)12-19-7-4-5-10-22(19)25/h4-10,13,16-18H,11-12,14-15H2,1-3H3/t16-,17-,18-/m1/s1. The number of rotatable bonds is 3. The highest BCUT2D eigenvalue weighted by atomic mass is 32.2. The van der Waals surface area contributed by atoms with Crippen molar-refractivity contribution >= 4 is 21.6 Å². The monoisotopic (exact) mass is 412 g/mol. The molecule has 4 rings (SSSR count). The number of hydrogen-bond donors (Lipinski definition) is 0. The van der Waals surface area contributed by atoms with Crippen molar-refractivity contribution in [3.8, 4) is 0 Å². The third-order valence-electron chi connectivity index (χ3n) is 5.94. The van der Waals surface area contributed by atoms with Gasteiger partial charge in [0, 0.05) is 24.7 Å². The van der Waals surface area contributed by atoms with Crippen LogP contribution in [-0.2, 0) is 16.4 Å². The highest BCUT2D eigenvalue weighted by molar-refractivity contribution is 7.92. The number of nitrogens with zero attached hydrogens (tertiary/aromatic N) is 2. The van der Waals surface area contributed by atoms with Crippen LogP contribution in [0.4, 0.5) is 5.69 Å². The molecule has 2 heterocycles. The van der Waals surface area contributed by atoms with Crippen LogP contribution in [0.25, 0.3) is 0 Å². The van der Waals surface area contributed by atoms with Gasteiger partial charge < -0.3 is 4.90 Å². The first-order valence-electron chi connectivity index (χ1n) is 10.3. The highest BCUT2D eigenvalue weighted by Gasteiger charge is 2.36. The van der Waals surface area contributed by atoms with E-state index in [2.05, 4.69) is 13.8 Å². The van der Waals surface area contributed by atoms with Gasteiger partial charge in [0.2, 0.25) is 0 Å². The SMILES string of the molecule is C[C@@H]1C[C@@H](C)CN(C(=O)c2cccc(S(=O)(=O)N3c4ccccc4C[C@H]3C)c2)C1. The molecule has 0 aromatic heterocycles. The Morgan fingerprint density at radius 2 is 1.66 bits per heavy atom. The van der Waals surface area contributed by atoms with Crippen LogP contribution >= 0.6 is 0 Å². The topological polar surface area (TPSA) is 57.7 Å². The zero-order valence-corrected chi connectivity index (χ0v) is 18.0. The van der Waals surface area contributed by atoms with Crippen LogP contribution in [0.15, 0.2) is 53.4 Å². The summed E-state index contributed by atoms with van der Waals surface area (Å²) in [5.41, 5.74) is 2.20. The Morgan fingerprint density at radius 1 is 0.966 bits per heavy atom. The molecule has 1 saturated heterocycles. The van der Waals surface area contributed by atoms with Gasteiger partial charge in [0.05, 0.1) is 10.6 Å². The van der Waals surface area contributed by atoms with Crippen LogP contribution in [0.2, 0.25) is 0 Å². The fourth-order valence-electron chi connectivity index (χ4n) is 4.82. The summed E-state index contributed by atoms with van der Waals surface area (Å²) in [5.74, 6) is 0.823. The Balaban J connectivity index is 1.66. The van der Waals surface area contributed by atoms with E-state index < -0.39 is 10.0 Å². The van der Waals surface area contributed by atoms with Crippen LogP contribution in [0.5, 0.6) is 0 Å². The predicted molar refractivity (Wildman–Crippen MR) is 115 cm³/mol. The minimum Gasteiger partial charge on any atom is -0.338 e. The van der Waals surface area contributed by atoms with Crippen molar-refractivity contribution in [1.29, 1.82) is 0 Å². The third-order valence-corrected chi connectivity index (χ3v) is 7.86. The van der Waals surface area contributed by atoms with E-state index in [0.29, 0.717) is 23.8 Å². The number of fused-ring (bicyclic) bond motifs is 1. The molecule has 0 aliphatic carbocycles. The van der Waals surface area contributed by atoms with Gasteiger partial charge in [-0.25, -0.2) is 8.42 Å². The highest BCUT2D eigenvalue weighted by Crippen LogP contribution is 2.36. The number of piperidine rings is 1. The zero-order valence-electron chi connectivity index (χ0n) is 17.2. The van der Waals surface area contributed by atoms with Gasteiger partial charge in [-0.1, -0.05) is 38.1 Å². The maximum absolute atomic E-state index is 13.5. The largest absolute Gasteiger partial charge is 0.338 e. The maximum Gasteiger partial charge on any atom is 0.264 e. The summed E-state index contributed by atoms with van der Waals surface area (Å²) in [6.07, 6.45) is 1.81. The first-order chi connectivity index (χ1) is 13.8. The Morgan fingerprint density at radius 3 is 2.38 bits per heavy atom. The minimum atomic E-state index is -3.75. The van der Waals surface area contributed by atoms with Crippen molar-refractivity contribution in [3.05, 3.63) is 59.7 Å². The Hall–Kier alpha value is -2.34. The number of benzene rings is 2. The van der Waals surface area contributed by atoms with Crippen LogP contribution in [0.1, 0.15) is 43.1 Å². The smallest absolute Gasteiger partial charge is 0.264 e. The predicted octanol–water partition coefficient (Wildman–Crippen LogP) is 3.94. The van der Waals surface area contributed by atoms with Gasteiger partial charge in [-0.3, -0.25) is 9.10 Å². The molecule has 0 N–H and O–H groups in total. The molecule has 0 bridgehead atoms. The van der Waals surface area contributed by atoms with Crippen LogP contribution in [-0.4, -0.2) is 38.4 Å². The van der Waals surface area contributed by atoms with E-state index in [0.717, 1.165) is 30.8 Å². The van der Waals surface area contributed by atoms with E-state index in [4.69, 9.17) is 0 Å². The number of likely N-dealkylation sites (tertiary alicyclic amines) is 1. The summed E-state index contributed by atoms with van der Waals surface area (Å²) in [6.45, 7) is 7.67. The van der Waals surface area contributed by atoms with E-state index in [9.17, 15) is 13.2 Å². The number of amides is 1. The number of carbonyl (C=O) groups excluding carboxylic acids is 1. The molecule has 2 aromatic rings. The van der Waals surface area contributed by atoms with Crippen LogP contribution < -0.4 is 4.31 Å². The molecule has 0 saturated carbocycles. The molecule has 6 heteroatoms. The van der Waals surface area contributed by atoms with Gasteiger partial charge in [0.1, 0.15) is 0 Å². The normalized spacial score (nSPS) is 24.4. The second-order valence-corrected chi connectivity index (χ2v) is 10.5. The summed E-state index contributed by atoms with van der Waals surface area (Å²) < 4.78 is 28.4. The second-order valence-electron chi connectivity index (χ2n) is 8.67. The van der Waals surface area contributed by atoms with Crippen LogP contribution in [0, 0.1) is 11.8 Å². The molecule has 5 nitrogen and oxygen atoms in total. The van der Waals surface area contributed by atoms with Crippen molar-refractivity contribution in [3.63, 3.8) is 0 Å². The third kappa shape index (κ3) is 3.66. The Kier molecular flexibility index (Phi) is 5.15. The lowest BCUT2D eigenvalue weighted by molar-refractivity contribution is 0.0623. The number of para-hydroxylation sites is 1. The average Bonchev–Trinajstić information content (AvgIpc) is 3.03. The first-order valence-corrected chi connectivity index (χ1v) is 11.7. The zero-order chi connectivity index (χ0) is 20.8. The lowest BCUT2D eigenvalue weighted by Crippen LogP contribution is -2.42. The average molecular weight is 413 g/mol. The number of hydrogen-bond acceptors (Lipinski definition) is 3. The summed E-state index contributed by atoms with van der Waals surface area (Å²) in [6, 6.07) is 14.0. The summed E-state index contributed by atoms with van der Waals surface area (Å²) in [7, 11) is -3.75. The molecule has 29 heavy (non-hydrogen) atoms. The van der Waals surface area contributed by atoms with Crippen molar-refractivity contribution in [2.75, 3.05) is 17.4 Å². The molecule has 0 spiro atoms. The molecule has 1 fully saturated rings. The number of sulfonamides is 1. The molecule has 2 aromatic carbocycles. The fourth-order valence-corrected chi connectivity index (χ4v) is 6.56. The van der Waals surface area contributed by atoms with Crippen molar-refractivity contribution < 1.29 is 13.2 Å². The van der Waals surface area contributed by atoms with Crippen molar-refractivity contribution in [2.45, 2.75) is 44.6 Å². The Bertz CT molecular complexity index is 1020. The minimum absolute atomic E-state index is 0.0877. The maximum atomic E-state index is 13.5.